The number of methoxy groups -OCH3 is 4. The van der Waals surface area contributed by atoms with Gasteiger partial charge in [-0.3, -0.25) is 4.90 Å². The van der Waals surface area contributed by atoms with Gasteiger partial charge >= 0.3 is 0 Å². The van der Waals surface area contributed by atoms with Crippen LogP contribution >= 0.6 is 0 Å². The van der Waals surface area contributed by atoms with Gasteiger partial charge < -0.3 is 24.1 Å². The zero-order chi connectivity index (χ0) is 19.6. The smallest absolute Gasteiger partial charge is 0.164 e. The van der Waals surface area contributed by atoms with Crippen molar-refractivity contribution in [3.8, 4) is 28.7 Å². The molecule has 1 aliphatic heterocycles. The maximum atomic E-state index is 10.5. The lowest BCUT2D eigenvalue weighted by atomic mass is 9.88. The molecule has 0 amide bonds. The number of benzene rings is 2. The molecule has 0 fully saturated rings. The molecule has 1 N–H and O–H groups in total. The highest BCUT2D eigenvalue weighted by Crippen LogP contribution is 2.41. The van der Waals surface area contributed by atoms with Crippen molar-refractivity contribution < 1.29 is 24.1 Å². The highest BCUT2D eigenvalue weighted by atomic mass is 16.5. The van der Waals surface area contributed by atoms with E-state index in [-0.39, 0.29) is 11.8 Å². The molecule has 1 unspecified atom stereocenters. The fourth-order valence-electron chi connectivity index (χ4n) is 3.70. The number of hydrogen-bond donors (Lipinski definition) is 1. The summed E-state index contributed by atoms with van der Waals surface area (Å²) in [6.07, 6.45) is 1.59. The molecule has 0 aromatic heterocycles. The Kier molecular flexibility index (Phi) is 5.65. The molecule has 0 aliphatic carbocycles. The van der Waals surface area contributed by atoms with E-state index in [9.17, 15) is 5.11 Å². The van der Waals surface area contributed by atoms with Crippen molar-refractivity contribution in [3.63, 3.8) is 0 Å². The Bertz CT molecular complexity index is 821. The van der Waals surface area contributed by atoms with E-state index in [4.69, 9.17) is 18.9 Å². The average Bonchev–Trinajstić information content (AvgIpc) is 2.69. The van der Waals surface area contributed by atoms with Crippen LogP contribution in [0.5, 0.6) is 28.7 Å². The number of rotatable bonds is 6. The molecular weight excluding hydrogens is 346 g/mol. The van der Waals surface area contributed by atoms with Crippen molar-refractivity contribution in [1.29, 1.82) is 0 Å². The molecule has 6 heteroatoms. The van der Waals surface area contributed by atoms with Crippen molar-refractivity contribution in [1.82, 2.24) is 4.90 Å². The molecule has 27 heavy (non-hydrogen) atoms. The molecule has 1 atom stereocenters. The molecule has 2 aromatic carbocycles. The van der Waals surface area contributed by atoms with E-state index in [1.54, 1.807) is 34.5 Å². The number of phenolic OH excluding ortho intramolecular Hbond substituents is 1. The van der Waals surface area contributed by atoms with Crippen LogP contribution in [-0.2, 0) is 12.8 Å². The molecule has 0 radical (unpaired) electrons. The van der Waals surface area contributed by atoms with Crippen LogP contribution in [0.3, 0.4) is 0 Å². The summed E-state index contributed by atoms with van der Waals surface area (Å²) in [4.78, 5) is 2.30. The molecule has 0 saturated carbocycles. The normalized spacial score (nSPS) is 16.6. The molecule has 0 spiro atoms. The van der Waals surface area contributed by atoms with Crippen LogP contribution in [0.25, 0.3) is 0 Å². The Hall–Kier alpha value is -2.60. The van der Waals surface area contributed by atoms with Crippen molar-refractivity contribution in [3.05, 3.63) is 41.0 Å². The monoisotopic (exact) mass is 373 g/mol. The largest absolute Gasteiger partial charge is 0.508 e. The van der Waals surface area contributed by atoms with Crippen molar-refractivity contribution in [2.45, 2.75) is 18.9 Å². The summed E-state index contributed by atoms with van der Waals surface area (Å²) in [5.41, 5.74) is 3.25. The van der Waals surface area contributed by atoms with Gasteiger partial charge in [-0.1, -0.05) is 0 Å². The fraction of sp³-hybridized carbons (Fsp3) is 0.429. The first-order chi connectivity index (χ1) is 13.0. The third kappa shape index (κ3) is 3.62. The summed E-state index contributed by atoms with van der Waals surface area (Å²) in [5.74, 6) is 2.79. The number of aromatic hydroxyl groups is 1. The van der Waals surface area contributed by atoms with Crippen LogP contribution in [-0.4, -0.2) is 52.0 Å². The van der Waals surface area contributed by atoms with E-state index in [0.29, 0.717) is 23.7 Å². The van der Waals surface area contributed by atoms with Crippen LogP contribution < -0.4 is 18.9 Å². The minimum absolute atomic E-state index is 0.109. The molecule has 6 nitrogen and oxygen atoms in total. The molecule has 2 aromatic rings. The fourth-order valence-corrected chi connectivity index (χ4v) is 3.70. The summed E-state index contributed by atoms with van der Waals surface area (Å²) in [6.45, 7) is 0.932. The van der Waals surface area contributed by atoms with E-state index in [0.717, 1.165) is 24.3 Å². The Morgan fingerprint density at radius 2 is 1.44 bits per heavy atom. The second kappa shape index (κ2) is 7.96. The van der Waals surface area contributed by atoms with E-state index in [2.05, 4.69) is 18.0 Å². The zero-order valence-electron chi connectivity index (χ0n) is 16.5. The second-order valence-electron chi connectivity index (χ2n) is 6.69. The van der Waals surface area contributed by atoms with Gasteiger partial charge in [0, 0.05) is 18.7 Å². The van der Waals surface area contributed by atoms with Crippen LogP contribution in [0.1, 0.15) is 22.7 Å². The highest BCUT2D eigenvalue weighted by Gasteiger charge is 2.28. The van der Waals surface area contributed by atoms with Gasteiger partial charge in [0.15, 0.2) is 23.0 Å². The first-order valence-electron chi connectivity index (χ1n) is 8.91. The summed E-state index contributed by atoms with van der Waals surface area (Å²) in [7, 11) is 8.55. The highest BCUT2D eigenvalue weighted by molar-refractivity contribution is 5.52. The van der Waals surface area contributed by atoms with E-state index >= 15 is 0 Å². The van der Waals surface area contributed by atoms with Gasteiger partial charge in [-0.15, -0.1) is 0 Å². The number of ether oxygens (including phenoxy) is 4. The Balaban J connectivity index is 2.01. The Labute approximate surface area is 160 Å². The number of fused-ring (bicyclic) bond motifs is 1. The van der Waals surface area contributed by atoms with Crippen molar-refractivity contribution in [2.24, 2.45) is 0 Å². The van der Waals surface area contributed by atoms with Crippen LogP contribution in [0, 0.1) is 0 Å². The third-order valence-corrected chi connectivity index (χ3v) is 5.27. The first kappa shape index (κ1) is 19.2. The average molecular weight is 373 g/mol. The van der Waals surface area contributed by atoms with E-state index < -0.39 is 0 Å². The van der Waals surface area contributed by atoms with Gasteiger partial charge in [0.05, 0.1) is 28.4 Å². The summed E-state index contributed by atoms with van der Waals surface area (Å²) < 4.78 is 21.6. The minimum atomic E-state index is 0.109. The number of nitrogens with zero attached hydrogens (tertiary/aromatic N) is 1. The van der Waals surface area contributed by atoms with Crippen LogP contribution in [0.15, 0.2) is 24.3 Å². The first-order valence-corrected chi connectivity index (χ1v) is 8.91. The zero-order valence-corrected chi connectivity index (χ0v) is 16.5. The molecule has 146 valence electrons. The molecule has 1 aliphatic rings. The minimum Gasteiger partial charge on any atom is -0.508 e. The summed E-state index contributed by atoms with van der Waals surface area (Å²) in [5, 5.41) is 10.5. The Morgan fingerprint density at radius 1 is 0.889 bits per heavy atom. The van der Waals surface area contributed by atoms with E-state index in [1.165, 1.54) is 11.1 Å². The predicted molar refractivity (Wildman–Crippen MR) is 104 cm³/mol. The topological polar surface area (TPSA) is 60.4 Å². The van der Waals surface area contributed by atoms with Crippen molar-refractivity contribution >= 4 is 0 Å². The second-order valence-corrected chi connectivity index (χ2v) is 6.69. The van der Waals surface area contributed by atoms with Crippen molar-refractivity contribution in [2.75, 3.05) is 42.0 Å². The number of likely N-dealkylation sites (N-methyl/N-ethyl adjacent to an activating group) is 1. The van der Waals surface area contributed by atoms with E-state index in [1.807, 2.05) is 12.1 Å². The third-order valence-electron chi connectivity index (χ3n) is 5.27. The lowest BCUT2D eigenvalue weighted by molar-refractivity contribution is 0.226. The van der Waals surface area contributed by atoms with Gasteiger partial charge in [-0.05, 0) is 54.8 Å². The molecule has 0 bridgehead atoms. The number of hydrogen-bond acceptors (Lipinski definition) is 6. The van der Waals surface area contributed by atoms with Gasteiger partial charge in [-0.25, -0.2) is 0 Å². The lowest BCUT2D eigenvalue weighted by Gasteiger charge is -2.35. The molecule has 3 rings (SSSR count). The summed E-state index contributed by atoms with van der Waals surface area (Å²) in [6, 6.07) is 7.66. The maximum Gasteiger partial charge on any atom is 0.164 e. The lowest BCUT2D eigenvalue weighted by Crippen LogP contribution is -2.33. The summed E-state index contributed by atoms with van der Waals surface area (Å²) >= 11 is 0. The quantitative estimate of drug-likeness (QED) is 0.839. The van der Waals surface area contributed by atoms with Gasteiger partial charge in [0.1, 0.15) is 5.75 Å². The molecule has 0 saturated heterocycles. The molecule has 1 heterocycles. The SMILES string of the molecule is COc1cc(O)c(CC2c3cc(OC)c(OC)cc3CCN2C)cc1OC. The Morgan fingerprint density at radius 3 is 2.07 bits per heavy atom. The van der Waals surface area contributed by atoms with Crippen LogP contribution in [0.2, 0.25) is 0 Å². The van der Waals surface area contributed by atoms with Gasteiger partial charge in [0.25, 0.3) is 0 Å². The maximum absolute atomic E-state index is 10.5. The standard InChI is InChI=1S/C21H27NO5/c1-22-7-6-13-9-18(24-2)20(26-4)11-15(13)16(22)8-14-10-19(25-3)21(27-5)12-17(14)23/h9-12,16,23H,6-8H2,1-5H3. The molecular formula is C21H27NO5. The van der Waals surface area contributed by atoms with Gasteiger partial charge in [0.2, 0.25) is 0 Å². The van der Waals surface area contributed by atoms with Gasteiger partial charge in [-0.2, -0.15) is 0 Å². The van der Waals surface area contributed by atoms with Crippen LogP contribution in [0.4, 0.5) is 0 Å². The number of phenols is 1. The predicted octanol–water partition coefficient (Wildman–Crippen LogP) is 3.20.